The van der Waals surface area contributed by atoms with Gasteiger partial charge in [-0.1, -0.05) is 30.3 Å². The van der Waals surface area contributed by atoms with Crippen LogP contribution in [0, 0.1) is 6.92 Å². The zero-order chi connectivity index (χ0) is 16.8. The lowest BCUT2D eigenvalue weighted by Gasteiger charge is -2.32. The summed E-state index contributed by atoms with van der Waals surface area (Å²) in [6.07, 6.45) is 3.84. The predicted molar refractivity (Wildman–Crippen MR) is 94.4 cm³/mol. The zero-order valence-corrected chi connectivity index (χ0v) is 14.1. The minimum Gasteiger partial charge on any atom is -0.444 e. The van der Waals surface area contributed by atoms with Gasteiger partial charge < -0.3 is 15.5 Å². The second-order valence-electron chi connectivity index (χ2n) is 6.23. The van der Waals surface area contributed by atoms with Gasteiger partial charge >= 0.3 is 0 Å². The average molecular weight is 327 g/mol. The number of guanidine groups is 1. The number of nitrogens with zero attached hydrogens (tertiary/aromatic N) is 3. The summed E-state index contributed by atoms with van der Waals surface area (Å²) in [7, 11) is 0. The number of hydrogen-bond acceptors (Lipinski definition) is 4. The lowest BCUT2D eigenvalue weighted by atomic mass is 10.0. The fourth-order valence-electron chi connectivity index (χ4n) is 2.97. The van der Waals surface area contributed by atoms with Crippen LogP contribution in [0.5, 0.6) is 0 Å². The molecule has 1 saturated heterocycles. The van der Waals surface area contributed by atoms with Crippen molar-refractivity contribution in [1.29, 1.82) is 0 Å². The van der Waals surface area contributed by atoms with E-state index in [0.717, 1.165) is 38.2 Å². The Kier molecular flexibility index (Phi) is 5.48. The van der Waals surface area contributed by atoms with E-state index in [4.69, 9.17) is 10.2 Å². The molecule has 0 aliphatic carbocycles. The van der Waals surface area contributed by atoms with Crippen LogP contribution in [0.1, 0.15) is 30.1 Å². The van der Waals surface area contributed by atoms with Crippen molar-refractivity contribution in [3.63, 3.8) is 0 Å². The van der Waals surface area contributed by atoms with Crippen molar-refractivity contribution in [1.82, 2.24) is 15.2 Å². The minimum atomic E-state index is 0.386. The van der Waals surface area contributed by atoms with Crippen LogP contribution in [0.3, 0.4) is 0 Å². The summed E-state index contributed by atoms with van der Waals surface area (Å²) < 4.78 is 5.39. The third-order valence-corrected chi connectivity index (χ3v) is 4.26. The molecule has 1 aromatic heterocycles. The van der Waals surface area contributed by atoms with Crippen molar-refractivity contribution >= 4 is 5.96 Å². The van der Waals surface area contributed by atoms with Gasteiger partial charge in [-0.25, -0.2) is 9.98 Å². The molecule has 0 saturated carbocycles. The lowest BCUT2D eigenvalue weighted by Crippen LogP contribution is -2.46. The van der Waals surface area contributed by atoms with Gasteiger partial charge in [-0.3, -0.25) is 4.90 Å². The highest BCUT2D eigenvalue weighted by Crippen LogP contribution is 2.13. The van der Waals surface area contributed by atoms with E-state index in [1.54, 1.807) is 6.20 Å². The third kappa shape index (κ3) is 4.83. The number of aliphatic imine (C=N–C) groups is 1. The lowest BCUT2D eigenvalue weighted by molar-refractivity contribution is 0.199. The Morgan fingerprint density at radius 3 is 2.75 bits per heavy atom. The Bertz CT molecular complexity index is 659. The highest BCUT2D eigenvalue weighted by atomic mass is 16.4. The summed E-state index contributed by atoms with van der Waals surface area (Å²) in [6.45, 7) is 5.40. The number of rotatable bonds is 5. The fourth-order valence-corrected chi connectivity index (χ4v) is 2.97. The van der Waals surface area contributed by atoms with Gasteiger partial charge in [0.1, 0.15) is 12.3 Å². The highest BCUT2D eigenvalue weighted by molar-refractivity contribution is 5.78. The largest absolute Gasteiger partial charge is 0.444 e. The van der Waals surface area contributed by atoms with Gasteiger partial charge in [0.25, 0.3) is 0 Å². The Labute approximate surface area is 142 Å². The van der Waals surface area contributed by atoms with Crippen molar-refractivity contribution < 1.29 is 4.42 Å². The SMILES string of the molecule is Cc1ncc(CN=C(N)NC2CCN(Cc3ccccc3)CC2)o1. The van der Waals surface area contributed by atoms with E-state index in [1.165, 1.54) is 5.56 Å². The predicted octanol–water partition coefficient (Wildman–Crippen LogP) is 2.05. The summed E-state index contributed by atoms with van der Waals surface area (Å²) in [4.78, 5) is 10.9. The Balaban J connectivity index is 1.41. The second-order valence-corrected chi connectivity index (χ2v) is 6.23. The quantitative estimate of drug-likeness (QED) is 0.649. The molecule has 0 amide bonds. The van der Waals surface area contributed by atoms with Crippen molar-refractivity contribution in [2.45, 2.75) is 38.9 Å². The smallest absolute Gasteiger partial charge is 0.191 e. The number of benzene rings is 1. The van der Waals surface area contributed by atoms with Gasteiger partial charge in [0.2, 0.25) is 0 Å². The number of aromatic nitrogens is 1. The summed E-state index contributed by atoms with van der Waals surface area (Å²) in [6, 6.07) is 11.0. The molecule has 2 heterocycles. The van der Waals surface area contributed by atoms with Gasteiger partial charge in [0, 0.05) is 32.6 Å². The van der Waals surface area contributed by atoms with Crippen molar-refractivity contribution in [2.75, 3.05) is 13.1 Å². The molecule has 6 heteroatoms. The van der Waals surface area contributed by atoms with E-state index in [9.17, 15) is 0 Å². The Morgan fingerprint density at radius 2 is 2.08 bits per heavy atom. The molecule has 1 aliphatic rings. The van der Waals surface area contributed by atoms with E-state index < -0.39 is 0 Å². The number of nitrogens with one attached hydrogen (secondary N) is 1. The molecule has 3 rings (SSSR count). The molecule has 3 N–H and O–H groups in total. The number of oxazole rings is 1. The second kappa shape index (κ2) is 7.97. The molecular formula is C18H25N5O. The zero-order valence-electron chi connectivity index (χ0n) is 14.1. The standard InChI is InChI=1S/C18H25N5O/c1-14-20-11-17(24-14)12-21-18(19)22-16-7-9-23(10-8-16)13-15-5-3-2-4-6-15/h2-6,11,16H,7-10,12-13H2,1H3,(H3,19,21,22). The average Bonchev–Trinajstić information content (AvgIpc) is 3.01. The van der Waals surface area contributed by atoms with Crippen LogP contribution >= 0.6 is 0 Å². The van der Waals surface area contributed by atoms with Gasteiger partial charge in [-0.2, -0.15) is 0 Å². The van der Waals surface area contributed by atoms with Crippen LogP contribution in [0.2, 0.25) is 0 Å². The molecule has 6 nitrogen and oxygen atoms in total. The summed E-state index contributed by atoms with van der Waals surface area (Å²) in [5.74, 6) is 1.86. The van der Waals surface area contributed by atoms with E-state index in [-0.39, 0.29) is 0 Å². The molecule has 0 bridgehead atoms. The molecule has 0 atom stereocenters. The summed E-state index contributed by atoms with van der Waals surface area (Å²) >= 11 is 0. The molecule has 2 aromatic rings. The molecule has 0 radical (unpaired) electrons. The normalized spacial score (nSPS) is 17.1. The fraction of sp³-hybridized carbons (Fsp3) is 0.444. The topological polar surface area (TPSA) is 79.7 Å². The van der Waals surface area contributed by atoms with E-state index >= 15 is 0 Å². The van der Waals surface area contributed by atoms with Crippen molar-refractivity contribution in [3.8, 4) is 0 Å². The number of aryl methyl sites for hydroxylation is 1. The van der Waals surface area contributed by atoms with Crippen LogP contribution in [-0.2, 0) is 13.1 Å². The minimum absolute atomic E-state index is 0.386. The molecule has 0 unspecified atom stereocenters. The highest BCUT2D eigenvalue weighted by Gasteiger charge is 2.19. The number of hydrogen-bond donors (Lipinski definition) is 2. The number of likely N-dealkylation sites (tertiary alicyclic amines) is 1. The molecule has 128 valence electrons. The van der Waals surface area contributed by atoms with E-state index in [1.807, 2.05) is 6.92 Å². The summed E-state index contributed by atoms with van der Waals surface area (Å²) in [5, 5.41) is 3.32. The van der Waals surface area contributed by atoms with Gasteiger partial charge in [0.15, 0.2) is 11.9 Å². The van der Waals surface area contributed by atoms with E-state index in [0.29, 0.717) is 24.4 Å². The number of piperidine rings is 1. The maximum absolute atomic E-state index is 5.98. The molecule has 1 aromatic carbocycles. The van der Waals surface area contributed by atoms with E-state index in [2.05, 4.69) is 50.5 Å². The first-order valence-electron chi connectivity index (χ1n) is 8.43. The first-order chi connectivity index (χ1) is 11.7. The molecular weight excluding hydrogens is 302 g/mol. The monoisotopic (exact) mass is 327 g/mol. The van der Waals surface area contributed by atoms with Crippen LogP contribution < -0.4 is 11.1 Å². The van der Waals surface area contributed by atoms with Crippen molar-refractivity contribution in [2.24, 2.45) is 10.7 Å². The maximum atomic E-state index is 5.98. The van der Waals surface area contributed by atoms with Crippen LogP contribution in [0.15, 0.2) is 45.9 Å². The van der Waals surface area contributed by atoms with Crippen molar-refractivity contribution in [3.05, 3.63) is 53.7 Å². The number of nitrogens with two attached hydrogens (primary N) is 1. The Hall–Kier alpha value is -2.34. The Morgan fingerprint density at radius 1 is 1.33 bits per heavy atom. The van der Waals surface area contributed by atoms with Crippen LogP contribution in [0.4, 0.5) is 0 Å². The first kappa shape index (κ1) is 16.5. The molecule has 1 fully saturated rings. The van der Waals surface area contributed by atoms with Gasteiger partial charge in [-0.15, -0.1) is 0 Å². The van der Waals surface area contributed by atoms with Crippen LogP contribution in [0.25, 0.3) is 0 Å². The summed E-state index contributed by atoms with van der Waals surface area (Å²) in [5.41, 5.74) is 7.35. The van der Waals surface area contributed by atoms with Gasteiger partial charge in [0.05, 0.1) is 6.20 Å². The molecule has 0 spiro atoms. The maximum Gasteiger partial charge on any atom is 0.191 e. The van der Waals surface area contributed by atoms with Gasteiger partial charge in [-0.05, 0) is 18.4 Å². The molecule has 1 aliphatic heterocycles. The van der Waals surface area contributed by atoms with Crippen LogP contribution in [-0.4, -0.2) is 35.0 Å². The molecule has 24 heavy (non-hydrogen) atoms. The first-order valence-corrected chi connectivity index (χ1v) is 8.43. The third-order valence-electron chi connectivity index (χ3n) is 4.26.